The molecule has 1 N–H and O–H groups in total. The molecule has 140 valence electrons. The highest BCUT2D eigenvalue weighted by Gasteiger charge is 2.16. The standard InChI is InChI=1S/C21H18N4O3/c1-11-4-6-15(27-11)10-25-20-16-7-5-14(19-12(2)24-28-13(19)3)8-17(16)22-9-18(20)23-21(25)26/h4-9H,10H2,1-3H3,(H,23,26). The van der Waals surface area contributed by atoms with Crippen molar-refractivity contribution in [3.63, 3.8) is 0 Å². The highest BCUT2D eigenvalue weighted by molar-refractivity contribution is 6.03. The predicted molar refractivity (Wildman–Crippen MR) is 105 cm³/mol. The number of nitrogens with one attached hydrogen (secondary N) is 1. The van der Waals surface area contributed by atoms with Gasteiger partial charge in [0.15, 0.2) is 0 Å². The number of hydrogen-bond donors (Lipinski definition) is 1. The van der Waals surface area contributed by atoms with Gasteiger partial charge in [-0.05, 0) is 44.5 Å². The number of H-pyrrole nitrogens is 1. The van der Waals surface area contributed by atoms with Crippen molar-refractivity contribution >= 4 is 21.9 Å². The molecule has 0 aliphatic heterocycles. The van der Waals surface area contributed by atoms with Crippen molar-refractivity contribution in [2.24, 2.45) is 0 Å². The molecular formula is C21H18N4O3. The van der Waals surface area contributed by atoms with Gasteiger partial charge < -0.3 is 13.9 Å². The van der Waals surface area contributed by atoms with Gasteiger partial charge in [-0.1, -0.05) is 17.3 Å². The molecule has 0 spiro atoms. The molecule has 4 heterocycles. The van der Waals surface area contributed by atoms with Crippen LogP contribution >= 0.6 is 0 Å². The van der Waals surface area contributed by atoms with Crippen LogP contribution in [0.3, 0.4) is 0 Å². The van der Waals surface area contributed by atoms with Crippen molar-refractivity contribution in [3.05, 3.63) is 70.0 Å². The Kier molecular flexibility index (Phi) is 3.52. The van der Waals surface area contributed by atoms with E-state index in [9.17, 15) is 4.79 Å². The molecule has 0 aliphatic carbocycles. The zero-order valence-electron chi connectivity index (χ0n) is 15.7. The van der Waals surface area contributed by atoms with Crippen molar-refractivity contribution in [2.75, 3.05) is 0 Å². The van der Waals surface area contributed by atoms with E-state index < -0.39 is 0 Å². The van der Waals surface area contributed by atoms with Gasteiger partial charge in [0.25, 0.3) is 0 Å². The number of hydrogen-bond acceptors (Lipinski definition) is 5. The Morgan fingerprint density at radius 1 is 1.14 bits per heavy atom. The van der Waals surface area contributed by atoms with Crippen LogP contribution < -0.4 is 5.69 Å². The summed E-state index contributed by atoms with van der Waals surface area (Å²) in [4.78, 5) is 20.0. The summed E-state index contributed by atoms with van der Waals surface area (Å²) in [6.45, 7) is 6.06. The molecule has 5 rings (SSSR count). The predicted octanol–water partition coefficient (Wildman–Crippen LogP) is 4.10. The molecule has 0 unspecified atom stereocenters. The van der Waals surface area contributed by atoms with Crippen LogP contribution in [0.1, 0.15) is 23.0 Å². The Morgan fingerprint density at radius 3 is 2.71 bits per heavy atom. The SMILES string of the molecule is Cc1ccc(Cn2c(=O)[nH]c3cnc4cc(-c5c(C)noc5C)ccc4c32)o1. The Hall–Kier alpha value is -3.61. The van der Waals surface area contributed by atoms with Crippen LogP contribution in [-0.2, 0) is 6.54 Å². The lowest BCUT2D eigenvalue weighted by molar-refractivity contribution is 0.393. The molecule has 0 atom stereocenters. The molecule has 4 aromatic heterocycles. The van der Waals surface area contributed by atoms with Gasteiger partial charge in [0, 0.05) is 10.9 Å². The monoisotopic (exact) mass is 374 g/mol. The van der Waals surface area contributed by atoms with Crippen molar-refractivity contribution in [2.45, 2.75) is 27.3 Å². The quantitative estimate of drug-likeness (QED) is 0.513. The number of pyridine rings is 1. The van der Waals surface area contributed by atoms with E-state index in [1.165, 1.54) is 0 Å². The first kappa shape index (κ1) is 16.6. The summed E-state index contributed by atoms with van der Waals surface area (Å²) in [6.07, 6.45) is 1.69. The highest BCUT2D eigenvalue weighted by Crippen LogP contribution is 2.31. The van der Waals surface area contributed by atoms with Gasteiger partial charge in [0.05, 0.1) is 35.0 Å². The van der Waals surface area contributed by atoms with Crippen LogP contribution in [0.25, 0.3) is 33.1 Å². The second kappa shape index (κ2) is 5.95. The number of nitrogens with zero attached hydrogens (tertiary/aromatic N) is 3. The van der Waals surface area contributed by atoms with Gasteiger partial charge in [0.2, 0.25) is 0 Å². The van der Waals surface area contributed by atoms with Crippen molar-refractivity contribution in [1.82, 2.24) is 19.7 Å². The van der Waals surface area contributed by atoms with E-state index in [1.54, 1.807) is 10.8 Å². The van der Waals surface area contributed by atoms with Crippen LogP contribution in [0.2, 0.25) is 0 Å². The zero-order chi connectivity index (χ0) is 19.4. The molecule has 1 aromatic carbocycles. The molecule has 0 fully saturated rings. The van der Waals surface area contributed by atoms with Gasteiger partial charge in [-0.25, -0.2) is 4.79 Å². The third-order valence-electron chi connectivity index (χ3n) is 5.03. The lowest BCUT2D eigenvalue weighted by atomic mass is 10.0. The number of benzene rings is 1. The van der Waals surface area contributed by atoms with Crippen LogP contribution in [0.15, 0.2) is 50.3 Å². The third-order valence-corrected chi connectivity index (χ3v) is 5.03. The molecule has 28 heavy (non-hydrogen) atoms. The highest BCUT2D eigenvalue weighted by atomic mass is 16.5. The second-order valence-electron chi connectivity index (χ2n) is 6.98. The Balaban J connectivity index is 1.72. The van der Waals surface area contributed by atoms with Gasteiger partial charge in [0.1, 0.15) is 17.3 Å². The summed E-state index contributed by atoms with van der Waals surface area (Å²) in [6, 6.07) is 9.78. The largest absolute Gasteiger partial charge is 0.464 e. The number of aromatic nitrogens is 4. The molecule has 5 aromatic rings. The molecule has 0 saturated heterocycles. The maximum absolute atomic E-state index is 12.6. The van der Waals surface area contributed by atoms with Crippen molar-refractivity contribution in [3.8, 4) is 11.1 Å². The first-order valence-electron chi connectivity index (χ1n) is 9.01. The van der Waals surface area contributed by atoms with Gasteiger partial charge in [-0.15, -0.1) is 0 Å². The van der Waals surface area contributed by atoms with E-state index in [1.807, 2.05) is 51.1 Å². The van der Waals surface area contributed by atoms with Gasteiger partial charge in [-0.3, -0.25) is 9.55 Å². The van der Waals surface area contributed by atoms with Crippen LogP contribution in [0.4, 0.5) is 0 Å². The molecule has 0 amide bonds. The smallest absolute Gasteiger partial charge is 0.326 e. The minimum atomic E-state index is -0.187. The summed E-state index contributed by atoms with van der Waals surface area (Å²) in [7, 11) is 0. The molecule has 0 aliphatic rings. The van der Waals surface area contributed by atoms with Crippen molar-refractivity contribution in [1.29, 1.82) is 0 Å². The number of aryl methyl sites for hydroxylation is 3. The van der Waals surface area contributed by atoms with Crippen LogP contribution in [0.5, 0.6) is 0 Å². The maximum atomic E-state index is 12.6. The van der Waals surface area contributed by atoms with Crippen LogP contribution in [-0.4, -0.2) is 19.7 Å². The average molecular weight is 374 g/mol. The topological polar surface area (TPSA) is 89.9 Å². The van der Waals surface area contributed by atoms with Crippen LogP contribution in [0, 0.1) is 20.8 Å². The lowest BCUT2D eigenvalue weighted by Gasteiger charge is -2.07. The molecule has 0 saturated carbocycles. The summed E-state index contributed by atoms with van der Waals surface area (Å²) in [5, 5.41) is 4.93. The lowest BCUT2D eigenvalue weighted by Crippen LogP contribution is -2.17. The van der Waals surface area contributed by atoms with E-state index in [0.717, 1.165) is 50.5 Å². The maximum Gasteiger partial charge on any atom is 0.326 e. The van der Waals surface area contributed by atoms with E-state index in [-0.39, 0.29) is 5.69 Å². The second-order valence-corrected chi connectivity index (χ2v) is 6.98. The third kappa shape index (κ3) is 2.47. The number of imidazole rings is 1. The zero-order valence-corrected chi connectivity index (χ0v) is 15.7. The number of fused-ring (bicyclic) bond motifs is 3. The van der Waals surface area contributed by atoms with Gasteiger partial charge in [-0.2, -0.15) is 0 Å². The number of rotatable bonds is 3. The normalized spacial score (nSPS) is 11.7. The number of aromatic amines is 1. The minimum absolute atomic E-state index is 0.187. The Bertz CT molecular complexity index is 1380. The fourth-order valence-corrected chi connectivity index (χ4v) is 3.77. The van der Waals surface area contributed by atoms with E-state index in [0.29, 0.717) is 12.1 Å². The molecule has 7 nitrogen and oxygen atoms in total. The fraction of sp³-hybridized carbons (Fsp3) is 0.190. The van der Waals surface area contributed by atoms with E-state index in [2.05, 4.69) is 15.1 Å². The minimum Gasteiger partial charge on any atom is -0.464 e. The summed E-state index contributed by atoms with van der Waals surface area (Å²) >= 11 is 0. The molecule has 7 heteroatoms. The molecule has 0 radical (unpaired) electrons. The van der Waals surface area contributed by atoms with Gasteiger partial charge >= 0.3 is 5.69 Å². The van der Waals surface area contributed by atoms with Crippen molar-refractivity contribution < 1.29 is 8.94 Å². The first-order chi connectivity index (χ1) is 13.5. The molecule has 0 bridgehead atoms. The summed E-state index contributed by atoms with van der Waals surface area (Å²) < 4.78 is 12.6. The summed E-state index contributed by atoms with van der Waals surface area (Å²) in [5.41, 5.74) is 4.93. The summed E-state index contributed by atoms with van der Waals surface area (Å²) in [5.74, 6) is 2.32. The average Bonchev–Trinajstić information content (AvgIpc) is 3.33. The van der Waals surface area contributed by atoms with E-state index >= 15 is 0 Å². The Labute approximate surface area is 159 Å². The fourth-order valence-electron chi connectivity index (χ4n) is 3.77. The Morgan fingerprint density at radius 2 is 2.00 bits per heavy atom. The first-order valence-corrected chi connectivity index (χ1v) is 9.01. The molecular weight excluding hydrogens is 356 g/mol. The van der Waals surface area contributed by atoms with E-state index in [4.69, 9.17) is 8.94 Å². The number of furan rings is 1.